The van der Waals surface area contributed by atoms with Crippen molar-refractivity contribution in [2.45, 2.75) is 24.2 Å². The van der Waals surface area contributed by atoms with Crippen LogP contribution < -0.4 is 0 Å². The highest BCUT2D eigenvalue weighted by molar-refractivity contribution is 7.92. The average molecular weight is 344 g/mol. The number of fused-ring (bicyclic) bond motifs is 1. The second-order valence-corrected chi connectivity index (χ2v) is 8.45. The molecule has 0 radical (unpaired) electrons. The number of aromatic nitrogens is 3. The molecular formula is C17H17FN4OS. The van der Waals surface area contributed by atoms with Gasteiger partial charge in [0.25, 0.3) is 0 Å². The number of nitrogens with zero attached hydrogens (tertiary/aromatic N) is 3. The molecule has 1 aromatic carbocycles. The topological polar surface area (TPSA) is 71.6 Å². The van der Waals surface area contributed by atoms with E-state index in [1.54, 1.807) is 29.1 Å². The lowest BCUT2D eigenvalue weighted by molar-refractivity contribution is 0.350. The van der Waals surface area contributed by atoms with E-state index in [2.05, 4.69) is 10.1 Å². The Morgan fingerprint density at radius 3 is 2.83 bits per heavy atom. The summed E-state index contributed by atoms with van der Waals surface area (Å²) in [4.78, 5) is 4.36. The third-order valence-corrected chi connectivity index (χ3v) is 6.46. The largest absolute Gasteiger partial charge is 0.259 e. The van der Waals surface area contributed by atoms with Gasteiger partial charge in [-0.15, -0.1) is 0 Å². The number of benzene rings is 1. The summed E-state index contributed by atoms with van der Waals surface area (Å²) in [5.41, 5.74) is 1.23. The highest BCUT2D eigenvalue weighted by atomic mass is 32.2. The van der Waals surface area contributed by atoms with E-state index in [-0.39, 0.29) is 0 Å². The second kappa shape index (κ2) is 5.66. The van der Waals surface area contributed by atoms with Crippen molar-refractivity contribution in [3.63, 3.8) is 0 Å². The normalized spacial score (nSPS) is 17.5. The quantitative estimate of drug-likeness (QED) is 0.783. The molecule has 24 heavy (non-hydrogen) atoms. The molecule has 0 bridgehead atoms. The summed E-state index contributed by atoms with van der Waals surface area (Å²) >= 11 is 0. The van der Waals surface area contributed by atoms with Crippen LogP contribution in [-0.4, -0.2) is 24.7 Å². The lowest BCUT2D eigenvalue weighted by Crippen LogP contribution is -2.21. The van der Waals surface area contributed by atoms with Crippen LogP contribution in [-0.2, 0) is 9.73 Å². The molecule has 2 aromatic heterocycles. The number of nitrogens with one attached hydrogen (secondary N) is 1. The first kappa shape index (κ1) is 15.3. The first-order chi connectivity index (χ1) is 11.5. The van der Waals surface area contributed by atoms with E-state index in [4.69, 9.17) is 4.78 Å². The molecule has 1 saturated carbocycles. The van der Waals surface area contributed by atoms with E-state index < -0.39 is 15.5 Å². The molecule has 1 N–H and O–H groups in total. The summed E-state index contributed by atoms with van der Waals surface area (Å²) in [6.45, 7) is 0. The minimum Gasteiger partial charge on any atom is -0.259 e. The lowest BCUT2D eigenvalue weighted by Gasteiger charge is -2.26. The summed E-state index contributed by atoms with van der Waals surface area (Å²) in [7, 11) is -2.78. The summed E-state index contributed by atoms with van der Waals surface area (Å²) < 4.78 is 35.9. The monoisotopic (exact) mass is 344 g/mol. The Kier molecular flexibility index (Phi) is 3.60. The fourth-order valence-corrected chi connectivity index (χ4v) is 4.75. The smallest absolute Gasteiger partial charge is 0.143 e. The fraction of sp³-hybridized carbons (Fsp3) is 0.294. The predicted octanol–water partition coefficient (Wildman–Crippen LogP) is 3.77. The van der Waals surface area contributed by atoms with Gasteiger partial charge in [-0.1, -0.05) is 6.42 Å². The Hall–Kier alpha value is -2.28. The van der Waals surface area contributed by atoms with Crippen molar-refractivity contribution in [2.24, 2.45) is 5.92 Å². The van der Waals surface area contributed by atoms with Gasteiger partial charge in [0, 0.05) is 28.3 Å². The van der Waals surface area contributed by atoms with Gasteiger partial charge in [0.1, 0.15) is 5.82 Å². The van der Waals surface area contributed by atoms with Crippen molar-refractivity contribution in [1.82, 2.24) is 14.8 Å². The minimum atomic E-state index is -2.78. The van der Waals surface area contributed by atoms with Gasteiger partial charge in [-0.25, -0.2) is 18.1 Å². The summed E-state index contributed by atoms with van der Waals surface area (Å²) in [5, 5.41) is 5.17. The van der Waals surface area contributed by atoms with Crippen LogP contribution in [0.5, 0.6) is 0 Å². The van der Waals surface area contributed by atoms with Crippen molar-refractivity contribution < 1.29 is 8.60 Å². The van der Waals surface area contributed by atoms with E-state index in [9.17, 15) is 8.60 Å². The zero-order chi connectivity index (χ0) is 16.7. The van der Waals surface area contributed by atoms with Crippen molar-refractivity contribution in [3.05, 3.63) is 48.7 Å². The van der Waals surface area contributed by atoms with Crippen LogP contribution in [0.4, 0.5) is 4.39 Å². The number of halogens is 1. The van der Waals surface area contributed by atoms with Crippen molar-refractivity contribution in [2.75, 3.05) is 5.75 Å². The van der Waals surface area contributed by atoms with Crippen molar-refractivity contribution >= 4 is 20.6 Å². The lowest BCUT2D eigenvalue weighted by atomic mass is 9.87. The minimum absolute atomic E-state index is 0.409. The molecule has 124 valence electrons. The van der Waals surface area contributed by atoms with E-state index in [1.807, 2.05) is 0 Å². The highest BCUT2D eigenvalue weighted by Gasteiger charge is 2.23. The number of rotatable bonds is 4. The Morgan fingerprint density at radius 2 is 2.12 bits per heavy atom. The second-order valence-electron chi connectivity index (χ2n) is 6.29. The molecule has 4 rings (SSSR count). The van der Waals surface area contributed by atoms with Crippen LogP contribution in [0.15, 0.2) is 47.8 Å². The molecule has 2 heterocycles. The molecule has 0 saturated heterocycles. The van der Waals surface area contributed by atoms with Crippen LogP contribution in [0.3, 0.4) is 0 Å². The Bertz CT molecular complexity index is 1010. The molecule has 1 fully saturated rings. The Labute approximate surface area is 139 Å². The van der Waals surface area contributed by atoms with Gasteiger partial charge in [0.2, 0.25) is 0 Å². The van der Waals surface area contributed by atoms with Crippen LogP contribution in [0.2, 0.25) is 0 Å². The Balaban J connectivity index is 1.70. The molecule has 0 aliphatic heterocycles. The number of pyridine rings is 1. The maximum Gasteiger partial charge on any atom is 0.143 e. The highest BCUT2D eigenvalue weighted by Crippen LogP contribution is 2.30. The van der Waals surface area contributed by atoms with Gasteiger partial charge < -0.3 is 0 Å². The van der Waals surface area contributed by atoms with Crippen LogP contribution >= 0.6 is 0 Å². The molecule has 1 atom stereocenters. The van der Waals surface area contributed by atoms with Gasteiger partial charge in [-0.2, -0.15) is 5.10 Å². The van der Waals surface area contributed by atoms with Crippen LogP contribution in [0.25, 0.3) is 16.6 Å². The molecule has 5 nitrogen and oxygen atoms in total. The van der Waals surface area contributed by atoms with Crippen molar-refractivity contribution in [3.8, 4) is 5.69 Å². The third kappa shape index (κ3) is 2.80. The van der Waals surface area contributed by atoms with Gasteiger partial charge in [0.05, 0.1) is 33.3 Å². The molecule has 3 aromatic rings. The van der Waals surface area contributed by atoms with Crippen LogP contribution in [0.1, 0.15) is 19.3 Å². The van der Waals surface area contributed by atoms with E-state index in [1.165, 1.54) is 18.7 Å². The zero-order valence-electron chi connectivity index (χ0n) is 13.0. The van der Waals surface area contributed by atoms with E-state index >= 15 is 0 Å². The SMILES string of the molecule is N=S(=O)(CC1CCC1)c1ccc2nn(-c3cncc(F)c3)cc2c1. The molecular weight excluding hydrogens is 327 g/mol. The molecule has 1 aliphatic rings. The standard InChI is InChI=1S/C17H17FN4OS/c18-14-7-15(9-20-8-14)22-10-13-6-16(4-5-17(13)21-22)24(19,23)11-12-2-1-3-12/h4-10,12,19H,1-3,11H2. The van der Waals surface area contributed by atoms with E-state index in [0.29, 0.717) is 27.8 Å². The Morgan fingerprint density at radius 1 is 1.29 bits per heavy atom. The number of hydrogen-bond donors (Lipinski definition) is 1. The molecule has 1 unspecified atom stereocenters. The number of hydrogen-bond acceptors (Lipinski definition) is 4. The molecule has 7 heteroatoms. The maximum absolute atomic E-state index is 13.3. The summed E-state index contributed by atoms with van der Waals surface area (Å²) in [6.07, 6.45) is 7.73. The first-order valence-corrected chi connectivity index (χ1v) is 9.61. The van der Waals surface area contributed by atoms with E-state index in [0.717, 1.165) is 24.4 Å². The first-order valence-electron chi connectivity index (χ1n) is 7.88. The van der Waals surface area contributed by atoms with Gasteiger partial charge in [0.15, 0.2) is 0 Å². The average Bonchev–Trinajstić information content (AvgIpc) is 2.94. The van der Waals surface area contributed by atoms with Gasteiger partial charge in [-0.05, 0) is 37.0 Å². The predicted molar refractivity (Wildman–Crippen MR) is 90.2 cm³/mol. The maximum atomic E-state index is 13.3. The molecule has 0 amide bonds. The third-order valence-electron chi connectivity index (χ3n) is 4.51. The fourth-order valence-electron chi connectivity index (χ4n) is 2.95. The van der Waals surface area contributed by atoms with Gasteiger partial charge >= 0.3 is 0 Å². The molecule has 1 aliphatic carbocycles. The zero-order valence-corrected chi connectivity index (χ0v) is 13.8. The van der Waals surface area contributed by atoms with Crippen molar-refractivity contribution in [1.29, 1.82) is 4.78 Å². The van der Waals surface area contributed by atoms with Crippen LogP contribution in [0, 0.1) is 16.5 Å². The molecule has 0 spiro atoms. The summed E-state index contributed by atoms with van der Waals surface area (Å²) in [6, 6.07) is 6.60. The summed E-state index contributed by atoms with van der Waals surface area (Å²) in [5.74, 6) is 0.412. The van der Waals surface area contributed by atoms with Gasteiger partial charge in [-0.3, -0.25) is 4.98 Å².